The molecule has 1 unspecified atom stereocenters. The van der Waals surface area contributed by atoms with Gasteiger partial charge in [0.05, 0.1) is 5.54 Å². The lowest BCUT2D eigenvalue weighted by Gasteiger charge is -2.26. The van der Waals surface area contributed by atoms with Crippen LogP contribution in [0.1, 0.15) is 33.6 Å². The van der Waals surface area contributed by atoms with Crippen LogP contribution >= 0.6 is 0 Å². The van der Waals surface area contributed by atoms with Gasteiger partial charge in [-0.05, 0) is 33.6 Å². The third-order valence-electron chi connectivity index (χ3n) is 3.74. The van der Waals surface area contributed by atoms with E-state index in [1.165, 1.54) is 0 Å². The minimum Gasteiger partial charge on any atom is -0.444 e. The fourth-order valence-electron chi connectivity index (χ4n) is 2.81. The molecule has 2 fully saturated rings. The molecule has 120 valence electrons. The predicted molar refractivity (Wildman–Crippen MR) is 77.0 cm³/mol. The van der Waals surface area contributed by atoms with Crippen LogP contribution in [0.3, 0.4) is 0 Å². The van der Waals surface area contributed by atoms with Gasteiger partial charge >= 0.3 is 12.1 Å². The first kappa shape index (κ1) is 15.9. The van der Waals surface area contributed by atoms with Crippen molar-refractivity contribution in [2.24, 2.45) is 0 Å². The molecule has 2 aliphatic heterocycles. The van der Waals surface area contributed by atoms with Gasteiger partial charge < -0.3 is 25.0 Å². The van der Waals surface area contributed by atoms with Crippen LogP contribution in [0, 0.1) is 0 Å². The summed E-state index contributed by atoms with van der Waals surface area (Å²) in [6, 6.07) is -0.116. The normalized spacial score (nSPS) is 25.6. The highest BCUT2D eigenvalue weighted by Crippen LogP contribution is 2.28. The van der Waals surface area contributed by atoms with Gasteiger partial charge in [0.1, 0.15) is 5.60 Å². The number of nitrogens with zero attached hydrogens (tertiary/aromatic N) is 2. The molecule has 21 heavy (non-hydrogen) atoms. The summed E-state index contributed by atoms with van der Waals surface area (Å²) in [4.78, 5) is 27.4. The van der Waals surface area contributed by atoms with E-state index in [0.717, 1.165) is 6.42 Å². The summed E-state index contributed by atoms with van der Waals surface area (Å²) in [5, 5.41) is 11.9. The summed E-state index contributed by atoms with van der Waals surface area (Å²) < 4.78 is 5.37. The van der Waals surface area contributed by atoms with Gasteiger partial charge in [0, 0.05) is 32.8 Å². The quantitative estimate of drug-likeness (QED) is 0.806. The van der Waals surface area contributed by atoms with Crippen molar-refractivity contribution in [1.29, 1.82) is 0 Å². The first-order valence-corrected chi connectivity index (χ1v) is 7.41. The Hall–Kier alpha value is -1.50. The van der Waals surface area contributed by atoms with E-state index in [2.05, 4.69) is 5.32 Å². The lowest BCUT2D eigenvalue weighted by atomic mass is 10.0. The van der Waals surface area contributed by atoms with E-state index in [1.54, 1.807) is 9.80 Å². The standard InChI is InChI=1S/C14H25N3O4/c1-13(2,3)21-12(20)17-7-5-14(10-17)9-16(6-4-8-18)11(19)15-14/h18H,4-10H2,1-3H3,(H,15,19). The van der Waals surface area contributed by atoms with Crippen molar-refractivity contribution in [1.82, 2.24) is 15.1 Å². The maximum Gasteiger partial charge on any atom is 0.410 e. The van der Waals surface area contributed by atoms with Gasteiger partial charge in [0.2, 0.25) is 0 Å². The maximum atomic E-state index is 12.1. The van der Waals surface area contributed by atoms with E-state index in [-0.39, 0.29) is 24.3 Å². The average molecular weight is 299 g/mol. The Morgan fingerprint density at radius 1 is 1.43 bits per heavy atom. The van der Waals surface area contributed by atoms with Gasteiger partial charge in [-0.1, -0.05) is 0 Å². The summed E-state index contributed by atoms with van der Waals surface area (Å²) in [6.07, 6.45) is 0.967. The molecule has 0 saturated carbocycles. The van der Waals surface area contributed by atoms with Gasteiger partial charge in [-0.25, -0.2) is 9.59 Å². The molecule has 2 aliphatic rings. The molecular weight excluding hydrogens is 274 g/mol. The van der Waals surface area contributed by atoms with E-state index in [9.17, 15) is 9.59 Å². The Labute approximate surface area is 125 Å². The zero-order chi connectivity index (χ0) is 15.7. The fraction of sp³-hybridized carbons (Fsp3) is 0.857. The lowest BCUT2D eigenvalue weighted by Crippen LogP contribution is -2.47. The minimum atomic E-state index is -0.515. The topological polar surface area (TPSA) is 82.1 Å². The number of ether oxygens (including phenoxy) is 1. The Morgan fingerprint density at radius 2 is 2.14 bits per heavy atom. The molecule has 0 aromatic carbocycles. The third kappa shape index (κ3) is 3.78. The third-order valence-corrected chi connectivity index (χ3v) is 3.74. The molecule has 7 nitrogen and oxygen atoms in total. The van der Waals surface area contributed by atoms with Crippen LogP contribution in [0.5, 0.6) is 0 Å². The highest BCUT2D eigenvalue weighted by atomic mass is 16.6. The van der Waals surface area contributed by atoms with Gasteiger partial charge in [0.15, 0.2) is 0 Å². The van der Waals surface area contributed by atoms with Crippen LogP contribution in [0.4, 0.5) is 9.59 Å². The maximum absolute atomic E-state index is 12.1. The fourth-order valence-corrected chi connectivity index (χ4v) is 2.81. The van der Waals surface area contributed by atoms with Gasteiger partial charge in [-0.15, -0.1) is 0 Å². The molecule has 1 atom stereocenters. The zero-order valence-corrected chi connectivity index (χ0v) is 13.0. The molecule has 3 amide bonds. The zero-order valence-electron chi connectivity index (χ0n) is 13.0. The number of nitrogens with one attached hydrogen (secondary N) is 1. The van der Waals surface area contributed by atoms with Crippen molar-refractivity contribution in [3.8, 4) is 0 Å². The number of carbonyl (C=O) groups is 2. The number of likely N-dealkylation sites (tertiary alicyclic amines) is 1. The number of aliphatic hydroxyl groups is 1. The van der Waals surface area contributed by atoms with Gasteiger partial charge in [0.25, 0.3) is 0 Å². The molecule has 2 heterocycles. The Kier molecular flexibility index (Phi) is 4.32. The van der Waals surface area contributed by atoms with Crippen molar-refractivity contribution in [3.05, 3.63) is 0 Å². The number of urea groups is 1. The summed E-state index contributed by atoms with van der Waals surface area (Å²) in [6.45, 7) is 7.76. The average Bonchev–Trinajstić information content (AvgIpc) is 2.89. The van der Waals surface area contributed by atoms with Crippen molar-refractivity contribution in [3.63, 3.8) is 0 Å². The highest BCUT2D eigenvalue weighted by Gasteiger charge is 2.48. The number of amides is 3. The molecule has 7 heteroatoms. The van der Waals surface area contributed by atoms with Crippen LogP contribution in [-0.4, -0.2) is 71.0 Å². The molecular formula is C14H25N3O4. The van der Waals surface area contributed by atoms with Crippen molar-refractivity contribution >= 4 is 12.1 Å². The van der Waals surface area contributed by atoms with Crippen LogP contribution in [-0.2, 0) is 4.74 Å². The van der Waals surface area contributed by atoms with Crippen molar-refractivity contribution in [2.75, 3.05) is 32.8 Å². The number of rotatable bonds is 3. The smallest absolute Gasteiger partial charge is 0.410 e. The molecule has 0 aromatic heterocycles. The number of aliphatic hydroxyl groups excluding tert-OH is 1. The summed E-state index contributed by atoms with van der Waals surface area (Å²) in [5.41, 5.74) is -0.887. The highest BCUT2D eigenvalue weighted by molar-refractivity contribution is 5.78. The number of carbonyl (C=O) groups excluding carboxylic acids is 2. The van der Waals surface area contributed by atoms with Gasteiger partial charge in [-0.3, -0.25) is 0 Å². The van der Waals surface area contributed by atoms with Crippen LogP contribution < -0.4 is 5.32 Å². The molecule has 2 rings (SSSR count). The van der Waals surface area contributed by atoms with E-state index in [4.69, 9.17) is 9.84 Å². The number of hydrogen-bond donors (Lipinski definition) is 2. The van der Waals surface area contributed by atoms with E-state index < -0.39 is 5.60 Å². The molecule has 0 radical (unpaired) electrons. The Balaban J connectivity index is 1.93. The SMILES string of the molecule is CC(C)(C)OC(=O)N1CCC2(CN(CCCO)C(=O)N2)C1. The van der Waals surface area contributed by atoms with E-state index in [1.807, 2.05) is 20.8 Å². The summed E-state index contributed by atoms with van der Waals surface area (Å²) in [7, 11) is 0. The largest absolute Gasteiger partial charge is 0.444 e. The van der Waals surface area contributed by atoms with Crippen LogP contribution in [0.2, 0.25) is 0 Å². The molecule has 1 spiro atoms. The molecule has 2 saturated heterocycles. The lowest BCUT2D eigenvalue weighted by molar-refractivity contribution is 0.0283. The summed E-state index contributed by atoms with van der Waals surface area (Å²) in [5.74, 6) is 0. The van der Waals surface area contributed by atoms with Crippen LogP contribution in [0.25, 0.3) is 0 Å². The second kappa shape index (κ2) is 5.71. The Bertz CT molecular complexity index is 421. The second-order valence-electron chi connectivity index (χ2n) is 6.86. The molecule has 2 N–H and O–H groups in total. The first-order valence-electron chi connectivity index (χ1n) is 7.41. The van der Waals surface area contributed by atoms with Crippen molar-refractivity contribution < 1.29 is 19.4 Å². The first-order chi connectivity index (χ1) is 9.75. The van der Waals surface area contributed by atoms with Gasteiger partial charge in [-0.2, -0.15) is 0 Å². The summed E-state index contributed by atoms with van der Waals surface area (Å²) >= 11 is 0. The Morgan fingerprint density at radius 3 is 2.76 bits per heavy atom. The monoisotopic (exact) mass is 299 g/mol. The molecule has 0 aromatic rings. The predicted octanol–water partition coefficient (Wildman–Crippen LogP) is 0.774. The minimum absolute atomic E-state index is 0.0703. The molecule has 0 bridgehead atoms. The van der Waals surface area contributed by atoms with E-state index in [0.29, 0.717) is 32.6 Å². The van der Waals surface area contributed by atoms with E-state index >= 15 is 0 Å². The number of hydrogen-bond acceptors (Lipinski definition) is 4. The van der Waals surface area contributed by atoms with Crippen LogP contribution in [0.15, 0.2) is 0 Å². The van der Waals surface area contributed by atoms with Crippen molar-refractivity contribution in [2.45, 2.75) is 44.8 Å². The molecule has 0 aliphatic carbocycles. The second-order valence-corrected chi connectivity index (χ2v) is 6.86.